The van der Waals surface area contributed by atoms with Gasteiger partial charge in [0, 0.05) is 12.3 Å². The summed E-state index contributed by atoms with van der Waals surface area (Å²) in [7, 11) is 0. The molecule has 128 valence electrons. The largest absolute Gasteiger partial charge is 0.491 e. The summed E-state index contributed by atoms with van der Waals surface area (Å²) in [5, 5.41) is 12.0. The molecule has 3 rings (SSSR count). The molecule has 7 heteroatoms. The van der Waals surface area contributed by atoms with Crippen LogP contribution in [0.1, 0.15) is 16.6 Å². The first-order chi connectivity index (χ1) is 12.2. The van der Waals surface area contributed by atoms with Gasteiger partial charge in [0.2, 0.25) is 0 Å². The highest BCUT2D eigenvalue weighted by atomic mass is 32.1. The Hall–Kier alpha value is -2.77. The molecule has 6 nitrogen and oxygen atoms in total. The Bertz CT molecular complexity index is 879. The first-order valence-corrected chi connectivity index (χ1v) is 8.52. The summed E-state index contributed by atoms with van der Waals surface area (Å²) in [5.74, 6) is 1.90. The molecule has 0 unspecified atom stereocenters. The lowest BCUT2D eigenvalue weighted by Gasteiger charge is -2.08. The molecule has 0 bridgehead atoms. The molecule has 0 aliphatic carbocycles. The van der Waals surface area contributed by atoms with Gasteiger partial charge in [-0.15, -0.1) is 11.3 Å². The van der Waals surface area contributed by atoms with Crippen LogP contribution in [0.15, 0.2) is 48.7 Å². The van der Waals surface area contributed by atoms with Crippen LogP contribution in [0, 0.1) is 0 Å². The van der Waals surface area contributed by atoms with Crippen molar-refractivity contribution >= 4 is 28.8 Å². The number of aliphatic hydroxyl groups excluding tert-OH is 1. The number of carbonyl (C=O) groups is 1. The third kappa shape index (κ3) is 4.40. The van der Waals surface area contributed by atoms with E-state index in [1.54, 1.807) is 25.3 Å². The third-order valence-corrected chi connectivity index (χ3v) is 4.51. The number of pyridine rings is 2. The average Bonchev–Trinajstić information content (AvgIpc) is 3.11. The van der Waals surface area contributed by atoms with E-state index >= 15 is 0 Å². The van der Waals surface area contributed by atoms with Gasteiger partial charge in [0.15, 0.2) is 5.78 Å². The summed E-state index contributed by atoms with van der Waals surface area (Å²) in [5.41, 5.74) is 0.787. The first-order valence-electron chi connectivity index (χ1n) is 7.70. The minimum absolute atomic E-state index is 0.0439. The van der Waals surface area contributed by atoms with Gasteiger partial charge >= 0.3 is 0 Å². The number of ether oxygens (including phenoxy) is 1. The highest BCUT2D eigenvalue weighted by Crippen LogP contribution is 2.28. The van der Waals surface area contributed by atoms with Crippen LogP contribution in [-0.2, 0) is 0 Å². The fraction of sp³-hybridized carbons (Fsp3) is 0.167. The zero-order valence-corrected chi connectivity index (χ0v) is 14.4. The van der Waals surface area contributed by atoms with E-state index in [1.807, 2.05) is 30.3 Å². The number of ketones is 1. The smallest absolute Gasteiger partial charge is 0.169 e. The number of anilines is 2. The van der Waals surface area contributed by atoms with E-state index in [0.29, 0.717) is 22.3 Å². The number of rotatable bonds is 7. The standard InChI is InChI=1S/C18H17N3O3S/c1-12(23)15-5-6-16(25-15)14-3-2-4-17(20-14)21-18-11-13(7-8-19-18)24-10-9-22/h2-8,11,22H,9-10H2,1H3,(H,19,20,21). The third-order valence-electron chi connectivity index (χ3n) is 3.30. The molecule has 25 heavy (non-hydrogen) atoms. The van der Waals surface area contributed by atoms with Crippen LogP contribution in [0.2, 0.25) is 0 Å². The summed E-state index contributed by atoms with van der Waals surface area (Å²) >= 11 is 1.42. The maximum Gasteiger partial charge on any atom is 0.169 e. The quantitative estimate of drug-likeness (QED) is 0.631. The topological polar surface area (TPSA) is 84.3 Å². The summed E-state index contributed by atoms with van der Waals surface area (Å²) < 4.78 is 5.37. The lowest BCUT2D eigenvalue weighted by molar-refractivity contribution is 0.102. The Morgan fingerprint density at radius 2 is 2.12 bits per heavy atom. The maximum absolute atomic E-state index is 11.4. The van der Waals surface area contributed by atoms with Crippen molar-refractivity contribution in [1.82, 2.24) is 9.97 Å². The molecule has 0 atom stereocenters. The number of hydrogen-bond donors (Lipinski definition) is 2. The molecule has 3 aromatic rings. The van der Waals surface area contributed by atoms with E-state index < -0.39 is 0 Å². The van der Waals surface area contributed by atoms with Gasteiger partial charge in [0.25, 0.3) is 0 Å². The van der Waals surface area contributed by atoms with Crippen molar-refractivity contribution in [2.45, 2.75) is 6.92 Å². The van der Waals surface area contributed by atoms with Crippen LogP contribution in [0.25, 0.3) is 10.6 Å². The Morgan fingerprint density at radius 3 is 2.88 bits per heavy atom. The summed E-state index contributed by atoms with van der Waals surface area (Å²) in [6.07, 6.45) is 1.62. The number of carbonyl (C=O) groups excluding carboxylic acids is 1. The van der Waals surface area contributed by atoms with Crippen molar-refractivity contribution < 1.29 is 14.6 Å². The van der Waals surface area contributed by atoms with E-state index in [2.05, 4.69) is 15.3 Å². The molecule has 0 radical (unpaired) electrons. The van der Waals surface area contributed by atoms with Crippen molar-refractivity contribution in [3.8, 4) is 16.3 Å². The number of thiophene rings is 1. The number of hydrogen-bond acceptors (Lipinski definition) is 7. The zero-order chi connectivity index (χ0) is 17.6. The molecule has 3 heterocycles. The Morgan fingerprint density at radius 1 is 1.24 bits per heavy atom. The predicted molar refractivity (Wildman–Crippen MR) is 97.7 cm³/mol. The number of nitrogens with one attached hydrogen (secondary N) is 1. The molecule has 0 amide bonds. The lowest BCUT2D eigenvalue weighted by Crippen LogP contribution is -2.02. The zero-order valence-electron chi connectivity index (χ0n) is 13.6. The van der Waals surface area contributed by atoms with E-state index in [1.165, 1.54) is 11.3 Å². The second-order valence-electron chi connectivity index (χ2n) is 5.20. The Balaban J connectivity index is 1.78. The highest BCUT2D eigenvalue weighted by Gasteiger charge is 2.08. The number of aromatic nitrogens is 2. The van der Waals surface area contributed by atoms with E-state index in [-0.39, 0.29) is 19.0 Å². The number of aliphatic hydroxyl groups is 1. The van der Waals surface area contributed by atoms with Gasteiger partial charge in [-0.25, -0.2) is 9.97 Å². The molecule has 0 saturated carbocycles. The van der Waals surface area contributed by atoms with Crippen molar-refractivity contribution in [2.75, 3.05) is 18.5 Å². The van der Waals surface area contributed by atoms with Crippen molar-refractivity contribution in [3.63, 3.8) is 0 Å². The normalized spacial score (nSPS) is 10.5. The summed E-state index contributed by atoms with van der Waals surface area (Å²) in [6, 6.07) is 12.8. The van der Waals surface area contributed by atoms with E-state index in [9.17, 15) is 4.79 Å². The van der Waals surface area contributed by atoms with Crippen LogP contribution in [0.3, 0.4) is 0 Å². The average molecular weight is 355 g/mol. The van der Waals surface area contributed by atoms with Crippen LogP contribution < -0.4 is 10.1 Å². The monoisotopic (exact) mass is 355 g/mol. The maximum atomic E-state index is 11.4. The van der Waals surface area contributed by atoms with Gasteiger partial charge in [0.05, 0.1) is 22.1 Å². The fourth-order valence-corrected chi connectivity index (χ4v) is 3.04. The molecule has 0 aliphatic heterocycles. The predicted octanol–water partition coefficient (Wildman–Crippen LogP) is 3.52. The van der Waals surface area contributed by atoms with Crippen LogP contribution in [0.4, 0.5) is 11.6 Å². The van der Waals surface area contributed by atoms with Crippen molar-refractivity contribution in [1.29, 1.82) is 0 Å². The minimum Gasteiger partial charge on any atom is -0.491 e. The molecular weight excluding hydrogens is 338 g/mol. The van der Waals surface area contributed by atoms with Crippen LogP contribution in [0.5, 0.6) is 5.75 Å². The van der Waals surface area contributed by atoms with Crippen LogP contribution in [-0.4, -0.2) is 34.1 Å². The number of Topliss-reactive ketones (excluding diaryl/α,β-unsaturated/α-hetero) is 1. The summed E-state index contributed by atoms with van der Waals surface area (Å²) in [6.45, 7) is 1.74. The molecule has 0 fully saturated rings. The highest BCUT2D eigenvalue weighted by molar-refractivity contribution is 7.17. The Kier molecular flexibility index (Phi) is 5.37. The molecule has 2 N–H and O–H groups in total. The van der Waals surface area contributed by atoms with Gasteiger partial charge in [-0.2, -0.15) is 0 Å². The minimum atomic E-state index is -0.0439. The molecule has 0 aromatic carbocycles. The van der Waals surface area contributed by atoms with Gasteiger partial charge in [-0.1, -0.05) is 6.07 Å². The van der Waals surface area contributed by atoms with Crippen molar-refractivity contribution in [2.24, 2.45) is 0 Å². The van der Waals surface area contributed by atoms with E-state index in [0.717, 1.165) is 10.6 Å². The molecule has 0 aliphatic rings. The molecule has 3 aromatic heterocycles. The van der Waals surface area contributed by atoms with Crippen molar-refractivity contribution in [3.05, 3.63) is 53.5 Å². The molecule has 0 spiro atoms. The molecule has 0 saturated heterocycles. The van der Waals surface area contributed by atoms with Gasteiger partial charge < -0.3 is 15.2 Å². The van der Waals surface area contributed by atoms with Crippen LogP contribution >= 0.6 is 11.3 Å². The lowest BCUT2D eigenvalue weighted by atomic mass is 10.3. The fourth-order valence-electron chi connectivity index (χ4n) is 2.17. The summed E-state index contributed by atoms with van der Waals surface area (Å²) in [4.78, 5) is 21.9. The van der Waals surface area contributed by atoms with E-state index in [4.69, 9.17) is 9.84 Å². The van der Waals surface area contributed by atoms with Gasteiger partial charge in [0.1, 0.15) is 24.0 Å². The van der Waals surface area contributed by atoms with Gasteiger partial charge in [-0.05, 0) is 37.3 Å². The second-order valence-corrected chi connectivity index (χ2v) is 6.29. The second kappa shape index (κ2) is 7.87. The molecular formula is C18H17N3O3S. The van der Waals surface area contributed by atoms with Gasteiger partial charge in [-0.3, -0.25) is 4.79 Å². The number of nitrogens with zero attached hydrogens (tertiary/aromatic N) is 2. The first kappa shape index (κ1) is 17.1. The SMILES string of the molecule is CC(=O)c1ccc(-c2cccc(Nc3cc(OCCO)ccn3)n2)s1. The Labute approximate surface area is 149 Å².